The molecule has 46 heavy (non-hydrogen) atoms. The van der Waals surface area contributed by atoms with Gasteiger partial charge in [-0.25, -0.2) is 9.18 Å². The van der Waals surface area contributed by atoms with Gasteiger partial charge in [-0.2, -0.15) is 13.2 Å². The Morgan fingerprint density at radius 1 is 0.957 bits per heavy atom. The Bertz CT molecular complexity index is 1470. The largest absolute Gasteiger partial charge is 0.446 e. The first-order valence-electron chi connectivity index (χ1n) is 15.3. The summed E-state index contributed by atoms with van der Waals surface area (Å²) in [6, 6.07) is 6.83. The van der Waals surface area contributed by atoms with Crippen molar-refractivity contribution in [2.75, 3.05) is 57.3 Å². The molecule has 3 amide bonds. The number of alkyl halides is 3. The molecule has 14 heteroatoms. The number of hydrogen-bond donors (Lipinski definition) is 0. The van der Waals surface area contributed by atoms with Crippen LogP contribution in [0.25, 0.3) is 0 Å². The lowest BCUT2D eigenvalue weighted by Gasteiger charge is -2.32. The summed E-state index contributed by atoms with van der Waals surface area (Å²) in [5.41, 5.74) is -0.887. The molecule has 2 unspecified atom stereocenters. The highest BCUT2D eigenvalue weighted by molar-refractivity contribution is 6.31. The van der Waals surface area contributed by atoms with Crippen LogP contribution in [0.15, 0.2) is 30.3 Å². The number of hydrogen-bond acceptors (Lipinski definition) is 5. The zero-order valence-corrected chi connectivity index (χ0v) is 27.1. The van der Waals surface area contributed by atoms with Crippen LogP contribution in [-0.4, -0.2) is 91.1 Å². The number of likely N-dealkylation sites (tertiary alicyclic amines) is 3. The number of anilines is 1. The SMILES string of the molecule is CC(=O)N1CCC(OC(=O)N(CCCN2CC3CN(C(=O)c4c(C(F)(F)F)ccc(Cl)c4F)CC3C2)c2ccc(C)c(Cl)c2)CC1. The summed E-state index contributed by atoms with van der Waals surface area (Å²) < 4.78 is 61.3. The second-order valence-corrected chi connectivity index (χ2v) is 13.1. The lowest BCUT2D eigenvalue weighted by molar-refractivity contribution is -0.138. The normalized spacial score (nSPS) is 20.6. The summed E-state index contributed by atoms with van der Waals surface area (Å²) in [6.07, 6.45) is -3.96. The molecule has 3 aliphatic rings. The molecule has 0 aliphatic carbocycles. The average Bonchev–Trinajstić information content (AvgIpc) is 3.57. The summed E-state index contributed by atoms with van der Waals surface area (Å²) in [7, 11) is 0. The molecule has 0 N–H and O–H groups in total. The Morgan fingerprint density at radius 2 is 1.61 bits per heavy atom. The van der Waals surface area contributed by atoms with Gasteiger partial charge in [0.2, 0.25) is 5.91 Å². The van der Waals surface area contributed by atoms with Gasteiger partial charge in [0, 0.05) is 76.3 Å². The van der Waals surface area contributed by atoms with Gasteiger partial charge < -0.3 is 19.4 Å². The van der Waals surface area contributed by atoms with E-state index >= 15 is 0 Å². The van der Waals surface area contributed by atoms with Crippen molar-refractivity contribution < 1.29 is 36.7 Å². The zero-order valence-electron chi connectivity index (χ0n) is 25.6. The Kier molecular flexibility index (Phi) is 10.4. The van der Waals surface area contributed by atoms with Crippen molar-refractivity contribution in [2.45, 2.75) is 45.4 Å². The van der Waals surface area contributed by atoms with Gasteiger partial charge in [-0.05, 0) is 61.6 Å². The highest BCUT2D eigenvalue weighted by Gasteiger charge is 2.44. The van der Waals surface area contributed by atoms with Gasteiger partial charge in [0.25, 0.3) is 5.91 Å². The van der Waals surface area contributed by atoms with Crippen molar-refractivity contribution >= 4 is 46.8 Å². The minimum absolute atomic E-state index is 0.00310. The van der Waals surface area contributed by atoms with E-state index in [4.69, 9.17) is 27.9 Å². The number of amides is 3. The molecule has 8 nitrogen and oxygen atoms in total. The first-order chi connectivity index (χ1) is 21.7. The van der Waals surface area contributed by atoms with Crippen LogP contribution in [0.3, 0.4) is 0 Å². The Labute approximate surface area is 275 Å². The molecule has 0 aromatic heterocycles. The molecule has 0 spiro atoms. The number of nitrogens with zero attached hydrogens (tertiary/aromatic N) is 4. The fraction of sp³-hybridized carbons (Fsp3) is 0.531. The van der Waals surface area contributed by atoms with Crippen LogP contribution in [-0.2, 0) is 15.7 Å². The quantitative estimate of drug-likeness (QED) is 0.311. The molecule has 0 saturated carbocycles. The zero-order chi connectivity index (χ0) is 33.3. The van der Waals surface area contributed by atoms with E-state index in [0.29, 0.717) is 75.3 Å². The van der Waals surface area contributed by atoms with E-state index in [1.807, 2.05) is 19.1 Å². The molecular formula is C32H36Cl2F4N4O4. The van der Waals surface area contributed by atoms with Crippen LogP contribution in [0, 0.1) is 24.6 Å². The molecule has 3 heterocycles. The number of halogens is 6. The van der Waals surface area contributed by atoms with E-state index in [1.54, 1.807) is 15.9 Å². The van der Waals surface area contributed by atoms with Gasteiger partial charge in [-0.1, -0.05) is 29.3 Å². The highest BCUT2D eigenvalue weighted by Crippen LogP contribution is 2.38. The molecule has 250 valence electrons. The third-order valence-corrected chi connectivity index (χ3v) is 9.86. The maximum Gasteiger partial charge on any atom is 0.417 e. The lowest BCUT2D eigenvalue weighted by atomic mass is 10.0. The van der Waals surface area contributed by atoms with Gasteiger partial charge in [-0.3, -0.25) is 14.5 Å². The molecule has 0 bridgehead atoms. The third-order valence-electron chi connectivity index (χ3n) is 9.16. The number of carbonyl (C=O) groups is 3. The summed E-state index contributed by atoms with van der Waals surface area (Å²) in [5.74, 6) is -2.32. The lowest BCUT2D eigenvalue weighted by Crippen LogP contribution is -2.43. The predicted octanol–water partition coefficient (Wildman–Crippen LogP) is 6.51. The van der Waals surface area contributed by atoms with Crippen LogP contribution < -0.4 is 4.90 Å². The second-order valence-electron chi connectivity index (χ2n) is 12.3. The molecule has 5 rings (SSSR count). The smallest absolute Gasteiger partial charge is 0.417 e. The van der Waals surface area contributed by atoms with Gasteiger partial charge in [0.15, 0.2) is 5.82 Å². The van der Waals surface area contributed by atoms with Crippen molar-refractivity contribution in [1.82, 2.24) is 14.7 Å². The molecule has 2 atom stereocenters. The first-order valence-corrected chi connectivity index (χ1v) is 16.0. The number of benzene rings is 2. The number of aryl methyl sites for hydroxylation is 1. The van der Waals surface area contributed by atoms with Crippen molar-refractivity contribution in [3.05, 3.63) is 62.9 Å². The number of piperidine rings is 1. The van der Waals surface area contributed by atoms with Crippen molar-refractivity contribution in [3.63, 3.8) is 0 Å². The molecule has 0 radical (unpaired) electrons. The summed E-state index contributed by atoms with van der Waals surface area (Å²) in [4.78, 5) is 45.0. The van der Waals surface area contributed by atoms with Gasteiger partial charge >= 0.3 is 12.3 Å². The molecule has 2 aromatic rings. The maximum absolute atomic E-state index is 14.7. The number of ether oxygens (including phenoxy) is 1. The Hall–Kier alpha value is -3.09. The molecule has 2 aromatic carbocycles. The van der Waals surface area contributed by atoms with Crippen molar-refractivity contribution in [2.24, 2.45) is 11.8 Å². The number of fused-ring (bicyclic) bond motifs is 1. The van der Waals surface area contributed by atoms with E-state index in [-0.39, 0.29) is 36.9 Å². The van der Waals surface area contributed by atoms with Crippen molar-refractivity contribution in [1.29, 1.82) is 0 Å². The average molecular weight is 688 g/mol. The van der Waals surface area contributed by atoms with E-state index in [0.717, 1.165) is 11.6 Å². The van der Waals surface area contributed by atoms with E-state index in [2.05, 4.69) is 4.90 Å². The van der Waals surface area contributed by atoms with Crippen LogP contribution >= 0.6 is 23.2 Å². The third kappa shape index (κ3) is 7.55. The molecule has 3 fully saturated rings. The summed E-state index contributed by atoms with van der Waals surface area (Å²) >= 11 is 12.1. The molecular weight excluding hydrogens is 651 g/mol. The maximum atomic E-state index is 14.7. The summed E-state index contributed by atoms with van der Waals surface area (Å²) in [6.45, 7) is 7.12. The fourth-order valence-electron chi connectivity index (χ4n) is 6.62. The first kappa shape index (κ1) is 34.3. The number of rotatable bonds is 7. The van der Waals surface area contributed by atoms with Crippen molar-refractivity contribution in [3.8, 4) is 0 Å². The fourth-order valence-corrected chi connectivity index (χ4v) is 6.95. The molecule has 3 saturated heterocycles. The van der Waals surface area contributed by atoms with Crippen LogP contribution in [0.4, 0.5) is 28.0 Å². The van der Waals surface area contributed by atoms with Crippen LogP contribution in [0.1, 0.15) is 47.7 Å². The van der Waals surface area contributed by atoms with Crippen LogP contribution in [0.2, 0.25) is 10.0 Å². The number of carbonyl (C=O) groups excluding carboxylic acids is 3. The standard InChI is InChI=1S/C32H36Cl2F4N4O4/c1-19-4-5-23(14-27(19)34)42(31(45)46-24-8-12-40(13-9-24)20(2)43)11-3-10-39-15-21-17-41(18-22(21)16-39)30(44)28-25(32(36,37)38)6-7-26(33)29(28)35/h4-7,14,21-22,24H,3,8-13,15-18H2,1-2H3. The monoisotopic (exact) mass is 686 g/mol. The predicted molar refractivity (Wildman–Crippen MR) is 166 cm³/mol. The van der Waals surface area contributed by atoms with Gasteiger partial charge in [-0.15, -0.1) is 0 Å². The van der Waals surface area contributed by atoms with Gasteiger partial charge in [0.1, 0.15) is 6.10 Å². The highest BCUT2D eigenvalue weighted by atomic mass is 35.5. The van der Waals surface area contributed by atoms with E-state index < -0.39 is 40.1 Å². The van der Waals surface area contributed by atoms with E-state index in [1.165, 1.54) is 11.8 Å². The van der Waals surface area contributed by atoms with Crippen LogP contribution in [0.5, 0.6) is 0 Å². The summed E-state index contributed by atoms with van der Waals surface area (Å²) in [5, 5.41) is -0.0114. The topological polar surface area (TPSA) is 73.4 Å². The Morgan fingerprint density at radius 3 is 2.20 bits per heavy atom. The van der Waals surface area contributed by atoms with Gasteiger partial charge in [0.05, 0.1) is 16.1 Å². The van der Waals surface area contributed by atoms with E-state index in [9.17, 15) is 31.9 Å². The Balaban J connectivity index is 1.17. The minimum atomic E-state index is -4.90. The minimum Gasteiger partial charge on any atom is -0.446 e. The second kappa shape index (κ2) is 13.9. The molecule has 3 aliphatic heterocycles.